The number of hydrogen-bond acceptors (Lipinski definition) is 5. The van der Waals surface area contributed by atoms with E-state index < -0.39 is 17.6 Å². The van der Waals surface area contributed by atoms with E-state index >= 15 is 0 Å². The number of nitrogens with one attached hydrogen (secondary N) is 1. The molecule has 1 N–H and O–H groups in total. The number of anilines is 1. The number of fused-ring (bicyclic) bond motifs is 1. The number of para-hydroxylation sites is 1. The molecule has 0 spiro atoms. The van der Waals surface area contributed by atoms with Crippen molar-refractivity contribution in [3.63, 3.8) is 0 Å². The highest BCUT2D eigenvalue weighted by Crippen LogP contribution is 2.22. The van der Waals surface area contributed by atoms with E-state index in [2.05, 4.69) is 15.3 Å². The molecule has 2 aromatic heterocycles. The lowest BCUT2D eigenvalue weighted by atomic mass is 10.3. The molecular formula is C18H16N6O3. The van der Waals surface area contributed by atoms with Crippen molar-refractivity contribution in [3.8, 4) is 0 Å². The second-order valence-electron chi connectivity index (χ2n) is 5.98. The van der Waals surface area contributed by atoms with Crippen LogP contribution in [0.15, 0.2) is 59.5 Å². The zero-order chi connectivity index (χ0) is 18.8. The summed E-state index contributed by atoms with van der Waals surface area (Å²) < 4.78 is 2.21. The third kappa shape index (κ3) is 3.22. The summed E-state index contributed by atoms with van der Waals surface area (Å²) in [4.78, 5) is 46.6. The average Bonchev–Trinajstić information content (AvgIpc) is 3.17. The molecule has 0 fully saturated rings. The van der Waals surface area contributed by atoms with E-state index in [4.69, 9.17) is 0 Å². The molecular weight excluding hydrogens is 348 g/mol. The van der Waals surface area contributed by atoms with Gasteiger partial charge >= 0.3 is 11.7 Å². The highest BCUT2D eigenvalue weighted by molar-refractivity contribution is 5.95. The highest BCUT2D eigenvalue weighted by Gasteiger charge is 2.33. The van der Waals surface area contributed by atoms with Gasteiger partial charge in [-0.3, -0.25) is 14.7 Å². The average molecular weight is 364 g/mol. The van der Waals surface area contributed by atoms with Crippen molar-refractivity contribution in [1.29, 1.82) is 0 Å². The summed E-state index contributed by atoms with van der Waals surface area (Å²) in [6.07, 6.45) is 1.63. The van der Waals surface area contributed by atoms with E-state index in [0.717, 1.165) is 9.36 Å². The SMILES string of the molecule is O=C(Cn1c(=O)nc2n1C(=O)N(c1ccccc1)C2)NCc1ccccn1. The molecule has 2 amide bonds. The number of pyridine rings is 1. The first-order chi connectivity index (χ1) is 13.1. The first-order valence-electron chi connectivity index (χ1n) is 8.36. The van der Waals surface area contributed by atoms with E-state index in [9.17, 15) is 14.4 Å². The Balaban J connectivity index is 1.50. The fourth-order valence-corrected chi connectivity index (χ4v) is 2.91. The quantitative estimate of drug-likeness (QED) is 0.720. The van der Waals surface area contributed by atoms with Gasteiger partial charge in [-0.05, 0) is 24.3 Å². The van der Waals surface area contributed by atoms with Crippen molar-refractivity contribution < 1.29 is 9.59 Å². The molecule has 3 aromatic rings. The van der Waals surface area contributed by atoms with Crippen LogP contribution in [0.4, 0.5) is 10.5 Å². The van der Waals surface area contributed by atoms with Crippen LogP contribution in [0.1, 0.15) is 11.5 Å². The van der Waals surface area contributed by atoms with Gasteiger partial charge in [0.15, 0.2) is 5.82 Å². The Kier molecular flexibility index (Phi) is 4.25. The Labute approximate surface area is 153 Å². The maximum atomic E-state index is 12.7. The molecule has 0 atom stereocenters. The second-order valence-corrected chi connectivity index (χ2v) is 5.98. The summed E-state index contributed by atoms with van der Waals surface area (Å²) in [6.45, 7) is 0.118. The molecule has 1 aliphatic heterocycles. The van der Waals surface area contributed by atoms with Crippen LogP contribution in [0.3, 0.4) is 0 Å². The zero-order valence-corrected chi connectivity index (χ0v) is 14.3. The summed E-state index contributed by atoms with van der Waals surface area (Å²) in [7, 11) is 0. The smallest absolute Gasteiger partial charge is 0.349 e. The van der Waals surface area contributed by atoms with Gasteiger partial charge in [0, 0.05) is 11.9 Å². The van der Waals surface area contributed by atoms with Gasteiger partial charge in [0.1, 0.15) is 6.54 Å². The Hall–Kier alpha value is -3.75. The first kappa shape index (κ1) is 16.7. The van der Waals surface area contributed by atoms with Gasteiger partial charge in [0.25, 0.3) is 0 Å². The van der Waals surface area contributed by atoms with E-state index in [1.807, 2.05) is 24.3 Å². The molecule has 0 saturated carbocycles. The van der Waals surface area contributed by atoms with E-state index in [1.165, 1.54) is 4.90 Å². The fourth-order valence-electron chi connectivity index (χ4n) is 2.91. The summed E-state index contributed by atoms with van der Waals surface area (Å²) in [6, 6.07) is 14.1. The molecule has 27 heavy (non-hydrogen) atoms. The molecule has 4 rings (SSSR count). The van der Waals surface area contributed by atoms with Crippen molar-refractivity contribution in [2.45, 2.75) is 19.6 Å². The molecule has 1 aliphatic rings. The summed E-state index contributed by atoms with van der Waals surface area (Å²) in [5, 5.41) is 2.69. The molecule has 0 saturated heterocycles. The minimum absolute atomic E-state index is 0.181. The minimum atomic E-state index is -0.626. The Morgan fingerprint density at radius 2 is 1.85 bits per heavy atom. The number of aromatic nitrogens is 4. The van der Waals surface area contributed by atoms with Crippen LogP contribution in [-0.2, 0) is 24.4 Å². The predicted molar refractivity (Wildman–Crippen MR) is 96.0 cm³/mol. The molecule has 0 aliphatic carbocycles. The second kappa shape index (κ2) is 6.87. The lowest BCUT2D eigenvalue weighted by Crippen LogP contribution is -2.38. The lowest BCUT2D eigenvalue weighted by molar-refractivity contribution is -0.122. The molecule has 1 aromatic carbocycles. The predicted octanol–water partition coefficient (Wildman–Crippen LogP) is 0.744. The number of benzene rings is 1. The summed E-state index contributed by atoms with van der Waals surface area (Å²) in [5.74, 6) is -0.0946. The number of rotatable bonds is 5. The molecule has 0 bridgehead atoms. The summed E-state index contributed by atoms with van der Waals surface area (Å²) in [5.41, 5.74) is 0.772. The Bertz CT molecular complexity index is 1040. The van der Waals surface area contributed by atoms with Gasteiger partial charge in [0.2, 0.25) is 5.91 Å². The number of carbonyl (C=O) groups is 2. The van der Waals surface area contributed by atoms with Gasteiger partial charge in [0.05, 0.1) is 18.8 Å². The maximum absolute atomic E-state index is 12.7. The third-order valence-corrected chi connectivity index (χ3v) is 4.20. The number of hydrogen-bond donors (Lipinski definition) is 1. The van der Waals surface area contributed by atoms with Crippen LogP contribution < -0.4 is 15.9 Å². The van der Waals surface area contributed by atoms with Crippen LogP contribution in [0.25, 0.3) is 0 Å². The standard InChI is InChI=1S/C18H16N6O3/c25-16(20-10-13-6-4-5-9-19-13)12-23-17(26)21-15-11-22(18(27)24(15)23)14-7-2-1-3-8-14/h1-9H,10-12H2,(H,20,25). The minimum Gasteiger partial charge on any atom is -0.349 e. The van der Waals surface area contributed by atoms with Crippen LogP contribution in [0.2, 0.25) is 0 Å². The largest absolute Gasteiger partial charge is 0.365 e. The molecule has 0 unspecified atom stereocenters. The first-order valence-corrected chi connectivity index (χ1v) is 8.36. The van der Waals surface area contributed by atoms with Gasteiger partial charge in [-0.15, -0.1) is 0 Å². The molecule has 0 radical (unpaired) electrons. The molecule has 3 heterocycles. The number of nitrogens with zero attached hydrogens (tertiary/aromatic N) is 5. The number of carbonyl (C=O) groups excluding carboxylic acids is 2. The zero-order valence-electron chi connectivity index (χ0n) is 14.3. The molecule has 9 nitrogen and oxygen atoms in total. The maximum Gasteiger partial charge on any atom is 0.365 e. The van der Waals surface area contributed by atoms with Gasteiger partial charge in [-0.25, -0.2) is 14.3 Å². The van der Waals surface area contributed by atoms with E-state index in [0.29, 0.717) is 17.2 Å². The van der Waals surface area contributed by atoms with Crippen molar-refractivity contribution in [2.24, 2.45) is 0 Å². The van der Waals surface area contributed by atoms with Crippen LogP contribution >= 0.6 is 0 Å². The van der Waals surface area contributed by atoms with Crippen LogP contribution in [0.5, 0.6) is 0 Å². The van der Waals surface area contributed by atoms with Gasteiger partial charge in [-0.2, -0.15) is 9.67 Å². The molecule has 9 heteroatoms. The van der Waals surface area contributed by atoms with E-state index in [-0.39, 0.29) is 19.6 Å². The fraction of sp³-hybridized carbons (Fsp3) is 0.167. The molecule has 136 valence electrons. The third-order valence-electron chi connectivity index (χ3n) is 4.20. The highest BCUT2D eigenvalue weighted by atomic mass is 16.2. The monoisotopic (exact) mass is 364 g/mol. The number of amides is 2. The topological polar surface area (TPSA) is 102 Å². The van der Waals surface area contributed by atoms with Crippen LogP contribution in [0, 0.1) is 0 Å². The van der Waals surface area contributed by atoms with Crippen molar-refractivity contribution in [3.05, 3.63) is 76.7 Å². The van der Waals surface area contributed by atoms with Crippen molar-refractivity contribution in [1.82, 2.24) is 24.6 Å². The van der Waals surface area contributed by atoms with Crippen LogP contribution in [-0.4, -0.2) is 31.3 Å². The lowest BCUT2D eigenvalue weighted by Gasteiger charge is -2.15. The summed E-state index contributed by atoms with van der Waals surface area (Å²) >= 11 is 0. The van der Waals surface area contributed by atoms with E-state index in [1.54, 1.807) is 30.5 Å². The van der Waals surface area contributed by atoms with Gasteiger partial charge in [-0.1, -0.05) is 24.3 Å². The normalized spacial score (nSPS) is 12.9. The Morgan fingerprint density at radius 3 is 2.59 bits per heavy atom. The van der Waals surface area contributed by atoms with Gasteiger partial charge < -0.3 is 5.32 Å². The van der Waals surface area contributed by atoms with Crippen molar-refractivity contribution >= 4 is 17.6 Å². The van der Waals surface area contributed by atoms with Crippen molar-refractivity contribution in [2.75, 3.05) is 4.90 Å². The Morgan fingerprint density at radius 1 is 1.07 bits per heavy atom.